The summed E-state index contributed by atoms with van der Waals surface area (Å²) in [5, 5.41) is 2.96. The molecule has 2 aromatic carbocycles. The molecule has 1 saturated heterocycles. The van der Waals surface area contributed by atoms with Gasteiger partial charge in [-0.2, -0.15) is 0 Å². The van der Waals surface area contributed by atoms with Crippen molar-refractivity contribution in [3.63, 3.8) is 0 Å². The Morgan fingerprint density at radius 1 is 1.12 bits per heavy atom. The molecule has 3 amide bonds. The molecule has 0 saturated carbocycles. The summed E-state index contributed by atoms with van der Waals surface area (Å²) in [7, 11) is 0. The van der Waals surface area contributed by atoms with E-state index in [0.717, 1.165) is 28.0 Å². The van der Waals surface area contributed by atoms with Crippen LogP contribution in [0, 0.1) is 0 Å². The van der Waals surface area contributed by atoms with E-state index in [1.54, 1.807) is 11.8 Å². The summed E-state index contributed by atoms with van der Waals surface area (Å²) >= 11 is 1.67. The van der Waals surface area contributed by atoms with Gasteiger partial charge in [-0.25, -0.2) is 4.79 Å². The molecule has 1 heterocycles. The number of nitrogens with zero attached hydrogens (tertiary/aromatic N) is 1. The summed E-state index contributed by atoms with van der Waals surface area (Å²) in [4.78, 5) is 28.0. The average molecular weight is 338 g/mol. The third kappa shape index (κ3) is 2.23. The topological polar surface area (TPSA) is 49.4 Å². The predicted octanol–water partition coefficient (Wildman–Crippen LogP) is 3.30. The van der Waals surface area contributed by atoms with Crippen LogP contribution >= 0.6 is 11.8 Å². The van der Waals surface area contributed by atoms with Gasteiger partial charge in [0.05, 0.1) is 6.54 Å². The van der Waals surface area contributed by atoms with Crippen molar-refractivity contribution in [3.8, 4) is 0 Å². The van der Waals surface area contributed by atoms with E-state index >= 15 is 0 Å². The number of benzene rings is 2. The van der Waals surface area contributed by atoms with Gasteiger partial charge in [0.25, 0.3) is 5.91 Å². The number of carbonyl (C=O) groups is 2. The van der Waals surface area contributed by atoms with Crippen molar-refractivity contribution in [2.24, 2.45) is 0 Å². The van der Waals surface area contributed by atoms with Crippen molar-refractivity contribution >= 4 is 23.7 Å². The maximum absolute atomic E-state index is 13.1. The molecular weight excluding hydrogens is 320 g/mol. The number of carbonyl (C=O) groups excluding carboxylic acids is 2. The lowest BCUT2D eigenvalue weighted by Gasteiger charge is -2.22. The summed E-state index contributed by atoms with van der Waals surface area (Å²) in [6.45, 7) is 0.309. The van der Waals surface area contributed by atoms with Crippen LogP contribution in [-0.4, -0.2) is 23.1 Å². The second kappa shape index (κ2) is 5.67. The van der Waals surface area contributed by atoms with E-state index in [1.807, 2.05) is 54.8 Å². The van der Waals surface area contributed by atoms with Crippen molar-refractivity contribution in [1.82, 2.24) is 10.2 Å². The van der Waals surface area contributed by atoms with Gasteiger partial charge >= 0.3 is 6.03 Å². The Balaban J connectivity index is 1.63. The van der Waals surface area contributed by atoms with Crippen LogP contribution in [0.2, 0.25) is 0 Å². The molecule has 1 spiro atoms. The van der Waals surface area contributed by atoms with Crippen molar-refractivity contribution in [3.05, 3.63) is 65.2 Å². The highest BCUT2D eigenvalue weighted by atomic mass is 32.2. The first-order valence-electron chi connectivity index (χ1n) is 7.99. The Morgan fingerprint density at radius 2 is 1.88 bits per heavy atom. The molecule has 1 unspecified atom stereocenters. The van der Waals surface area contributed by atoms with E-state index < -0.39 is 5.54 Å². The molecular formula is C19H18N2O2S. The molecule has 1 atom stereocenters. The van der Waals surface area contributed by atoms with Gasteiger partial charge in [0.2, 0.25) is 0 Å². The van der Waals surface area contributed by atoms with E-state index in [4.69, 9.17) is 0 Å². The molecule has 0 bridgehead atoms. The summed E-state index contributed by atoms with van der Waals surface area (Å²) in [6, 6.07) is 15.6. The molecule has 0 aromatic heterocycles. The Hall–Kier alpha value is -2.27. The minimum atomic E-state index is -0.868. The zero-order chi connectivity index (χ0) is 16.7. The molecule has 1 fully saturated rings. The lowest BCUT2D eigenvalue weighted by atomic mass is 9.92. The lowest BCUT2D eigenvalue weighted by Crippen LogP contribution is -2.41. The van der Waals surface area contributed by atoms with Gasteiger partial charge in [-0.15, -0.1) is 11.8 Å². The highest BCUT2D eigenvalue weighted by Crippen LogP contribution is 2.41. The van der Waals surface area contributed by atoms with Gasteiger partial charge in [0.15, 0.2) is 0 Å². The quantitative estimate of drug-likeness (QED) is 0.690. The van der Waals surface area contributed by atoms with Crippen molar-refractivity contribution < 1.29 is 9.59 Å². The van der Waals surface area contributed by atoms with Crippen LogP contribution < -0.4 is 5.32 Å². The van der Waals surface area contributed by atoms with Gasteiger partial charge < -0.3 is 5.32 Å². The fourth-order valence-electron chi connectivity index (χ4n) is 3.65. The molecule has 24 heavy (non-hydrogen) atoms. The largest absolute Gasteiger partial charge is 0.325 e. The van der Waals surface area contributed by atoms with Crippen molar-refractivity contribution in [2.75, 3.05) is 6.26 Å². The van der Waals surface area contributed by atoms with Gasteiger partial charge in [0.1, 0.15) is 5.54 Å². The monoisotopic (exact) mass is 338 g/mol. The van der Waals surface area contributed by atoms with E-state index in [-0.39, 0.29) is 11.9 Å². The molecule has 4 rings (SSSR count). The highest BCUT2D eigenvalue weighted by Gasteiger charge is 2.55. The zero-order valence-electron chi connectivity index (χ0n) is 13.4. The van der Waals surface area contributed by atoms with Crippen LogP contribution in [0.1, 0.15) is 23.1 Å². The summed E-state index contributed by atoms with van der Waals surface area (Å²) in [5.74, 6) is -0.133. The number of hydrogen-bond donors (Lipinski definition) is 1. The van der Waals surface area contributed by atoms with Gasteiger partial charge in [-0.05, 0) is 47.9 Å². The third-order valence-corrected chi connectivity index (χ3v) is 5.67. The molecule has 1 aliphatic carbocycles. The van der Waals surface area contributed by atoms with E-state index in [9.17, 15) is 9.59 Å². The molecule has 4 nitrogen and oxygen atoms in total. The molecule has 122 valence electrons. The molecule has 0 radical (unpaired) electrons. The second-order valence-electron chi connectivity index (χ2n) is 6.23. The second-order valence-corrected chi connectivity index (χ2v) is 7.11. The number of thioether (sulfide) groups is 1. The number of nitrogens with one attached hydrogen (secondary N) is 1. The number of hydrogen-bond acceptors (Lipinski definition) is 3. The molecule has 1 N–H and O–H groups in total. The Morgan fingerprint density at radius 3 is 2.62 bits per heavy atom. The number of aryl methyl sites for hydroxylation is 1. The number of imide groups is 1. The zero-order valence-corrected chi connectivity index (χ0v) is 14.2. The number of rotatable bonds is 3. The van der Waals surface area contributed by atoms with E-state index in [2.05, 4.69) is 5.32 Å². The minimum Gasteiger partial charge on any atom is -0.319 e. The Labute approximate surface area is 145 Å². The highest BCUT2D eigenvalue weighted by molar-refractivity contribution is 7.98. The number of fused-ring (bicyclic) bond motifs is 2. The van der Waals surface area contributed by atoms with Crippen LogP contribution in [0.15, 0.2) is 53.4 Å². The fourth-order valence-corrected chi connectivity index (χ4v) is 4.05. The Kier molecular flexibility index (Phi) is 3.61. The summed E-state index contributed by atoms with van der Waals surface area (Å²) in [5.41, 5.74) is 2.19. The van der Waals surface area contributed by atoms with Crippen LogP contribution in [0.4, 0.5) is 4.79 Å². The smallest absolute Gasteiger partial charge is 0.319 e. The maximum Gasteiger partial charge on any atom is 0.325 e. The summed E-state index contributed by atoms with van der Waals surface area (Å²) < 4.78 is 0. The van der Waals surface area contributed by atoms with Crippen LogP contribution in [0.25, 0.3) is 0 Å². The molecule has 5 heteroatoms. The van der Waals surface area contributed by atoms with Gasteiger partial charge in [-0.1, -0.05) is 36.4 Å². The van der Waals surface area contributed by atoms with Crippen molar-refractivity contribution in [2.45, 2.75) is 29.8 Å². The first-order valence-corrected chi connectivity index (χ1v) is 9.22. The summed E-state index contributed by atoms with van der Waals surface area (Å²) in [6.07, 6.45) is 3.48. The minimum absolute atomic E-state index is 0.133. The standard InChI is InChI=1S/C19H18N2O2S/c1-24-15-8-6-13(7-9-15)12-21-17(22)19(20-18(21)23)11-10-14-4-2-3-5-16(14)19/h2-9H,10-12H2,1H3,(H,20,23). The third-order valence-electron chi connectivity index (χ3n) is 4.92. The van der Waals surface area contributed by atoms with E-state index in [1.165, 1.54) is 4.90 Å². The normalized spacial score (nSPS) is 22.1. The van der Waals surface area contributed by atoms with Crippen molar-refractivity contribution in [1.29, 1.82) is 0 Å². The Bertz CT molecular complexity index is 818. The first kappa shape index (κ1) is 15.3. The lowest BCUT2D eigenvalue weighted by molar-refractivity contribution is -0.132. The number of amides is 3. The van der Waals surface area contributed by atoms with Crippen LogP contribution in [0.5, 0.6) is 0 Å². The van der Waals surface area contributed by atoms with Gasteiger partial charge in [0, 0.05) is 4.90 Å². The van der Waals surface area contributed by atoms with Gasteiger partial charge in [-0.3, -0.25) is 9.69 Å². The molecule has 1 aliphatic heterocycles. The first-order chi connectivity index (χ1) is 11.6. The van der Waals surface area contributed by atoms with Crippen LogP contribution in [-0.2, 0) is 23.3 Å². The maximum atomic E-state index is 13.1. The fraction of sp³-hybridized carbons (Fsp3) is 0.263. The average Bonchev–Trinajstić information content (AvgIpc) is 3.10. The molecule has 2 aliphatic rings. The SMILES string of the molecule is CSc1ccc(CN2C(=O)NC3(CCc4ccccc43)C2=O)cc1. The van der Waals surface area contributed by atoms with E-state index in [0.29, 0.717) is 13.0 Å². The number of urea groups is 1. The predicted molar refractivity (Wildman–Crippen MR) is 93.7 cm³/mol. The molecule has 2 aromatic rings. The van der Waals surface area contributed by atoms with Crippen LogP contribution in [0.3, 0.4) is 0 Å².